The van der Waals surface area contributed by atoms with Gasteiger partial charge in [0.2, 0.25) is 0 Å². The molecule has 1 heterocycles. The first-order valence-corrected chi connectivity index (χ1v) is 8.16. The summed E-state index contributed by atoms with van der Waals surface area (Å²) in [5.41, 5.74) is 5.69. The van der Waals surface area contributed by atoms with E-state index in [2.05, 4.69) is 73.7 Å². The van der Waals surface area contributed by atoms with Crippen LogP contribution in [0, 0.1) is 6.92 Å². The van der Waals surface area contributed by atoms with E-state index in [9.17, 15) is 0 Å². The summed E-state index contributed by atoms with van der Waals surface area (Å²) in [5.74, 6) is 0.874. The second kappa shape index (κ2) is 6.25. The SMILES string of the molecule is Cc1nc(Cc2ccccc2)nc2ccc(-c3ccccc3)cc12. The maximum atomic E-state index is 4.76. The molecule has 0 fully saturated rings. The average Bonchev–Trinajstić information content (AvgIpc) is 2.63. The van der Waals surface area contributed by atoms with Gasteiger partial charge in [-0.15, -0.1) is 0 Å². The molecule has 4 rings (SSSR count). The van der Waals surface area contributed by atoms with Gasteiger partial charge in [0.25, 0.3) is 0 Å². The third kappa shape index (κ3) is 2.91. The van der Waals surface area contributed by atoms with E-state index in [0.717, 1.165) is 28.8 Å². The first-order chi connectivity index (χ1) is 11.8. The number of hydrogen-bond donors (Lipinski definition) is 0. The lowest BCUT2D eigenvalue weighted by atomic mass is 10.0. The average molecular weight is 310 g/mol. The van der Waals surface area contributed by atoms with Crippen molar-refractivity contribution >= 4 is 10.9 Å². The van der Waals surface area contributed by atoms with Gasteiger partial charge in [0, 0.05) is 17.5 Å². The van der Waals surface area contributed by atoms with Crippen molar-refractivity contribution in [1.29, 1.82) is 0 Å². The lowest BCUT2D eigenvalue weighted by Crippen LogP contribution is -2.00. The van der Waals surface area contributed by atoms with Gasteiger partial charge in [-0.05, 0) is 35.7 Å². The summed E-state index contributed by atoms with van der Waals surface area (Å²) in [5, 5.41) is 1.12. The fraction of sp³-hybridized carbons (Fsp3) is 0.0909. The number of nitrogens with zero attached hydrogens (tertiary/aromatic N) is 2. The van der Waals surface area contributed by atoms with Gasteiger partial charge in [-0.1, -0.05) is 66.7 Å². The maximum absolute atomic E-state index is 4.76. The maximum Gasteiger partial charge on any atom is 0.133 e. The van der Waals surface area contributed by atoms with E-state index in [1.165, 1.54) is 16.7 Å². The van der Waals surface area contributed by atoms with Crippen LogP contribution in [0.2, 0.25) is 0 Å². The van der Waals surface area contributed by atoms with Crippen molar-refractivity contribution in [2.75, 3.05) is 0 Å². The molecule has 0 N–H and O–H groups in total. The highest BCUT2D eigenvalue weighted by molar-refractivity contribution is 5.86. The smallest absolute Gasteiger partial charge is 0.133 e. The molecule has 0 bridgehead atoms. The minimum absolute atomic E-state index is 0.762. The minimum Gasteiger partial charge on any atom is -0.237 e. The number of rotatable bonds is 3. The van der Waals surface area contributed by atoms with Crippen LogP contribution in [0.5, 0.6) is 0 Å². The molecule has 116 valence electrons. The molecule has 0 saturated carbocycles. The second-order valence-corrected chi connectivity index (χ2v) is 5.99. The van der Waals surface area contributed by atoms with Gasteiger partial charge in [-0.3, -0.25) is 0 Å². The Hall–Kier alpha value is -3.00. The van der Waals surface area contributed by atoms with Crippen LogP contribution in [0.3, 0.4) is 0 Å². The molecule has 0 atom stereocenters. The molecule has 1 aromatic heterocycles. The summed E-state index contributed by atoms with van der Waals surface area (Å²) in [6.45, 7) is 2.06. The molecule has 2 heteroatoms. The summed E-state index contributed by atoms with van der Waals surface area (Å²) in [7, 11) is 0. The highest BCUT2D eigenvalue weighted by Gasteiger charge is 2.07. The van der Waals surface area contributed by atoms with Crippen molar-refractivity contribution in [3.63, 3.8) is 0 Å². The Morgan fingerprint density at radius 3 is 2.17 bits per heavy atom. The zero-order valence-electron chi connectivity index (χ0n) is 13.6. The first kappa shape index (κ1) is 14.6. The number of aromatic nitrogens is 2. The van der Waals surface area contributed by atoms with Gasteiger partial charge in [-0.25, -0.2) is 9.97 Å². The van der Waals surface area contributed by atoms with E-state index in [0.29, 0.717) is 0 Å². The molecule has 24 heavy (non-hydrogen) atoms. The van der Waals surface area contributed by atoms with E-state index in [1.54, 1.807) is 0 Å². The topological polar surface area (TPSA) is 25.8 Å². The summed E-state index contributed by atoms with van der Waals surface area (Å²) < 4.78 is 0. The Labute approximate surface area is 141 Å². The zero-order chi connectivity index (χ0) is 16.4. The van der Waals surface area contributed by atoms with Crippen LogP contribution in [-0.2, 0) is 6.42 Å². The highest BCUT2D eigenvalue weighted by atomic mass is 14.9. The van der Waals surface area contributed by atoms with Crippen molar-refractivity contribution < 1.29 is 0 Å². The molecule has 2 nitrogen and oxygen atoms in total. The highest BCUT2D eigenvalue weighted by Crippen LogP contribution is 2.25. The van der Waals surface area contributed by atoms with Gasteiger partial charge in [0.15, 0.2) is 0 Å². The lowest BCUT2D eigenvalue weighted by Gasteiger charge is -2.08. The molecular weight excluding hydrogens is 292 g/mol. The molecular formula is C22H18N2. The monoisotopic (exact) mass is 310 g/mol. The Morgan fingerprint density at radius 1 is 0.708 bits per heavy atom. The van der Waals surface area contributed by atoms with Crippen LogP contribution in [0.4, 0.5) is 0 Å². The van der Waals surface area contributed by atoms with Gasteiger partial charge < -0.3 is 0 Å². The number of fused-ring (bicyclic) bond motifs is 1. The van der Waals surface area contributed by atoms with E-state index >= 15 is 0 Å². The van der Waals surface area contributed by atoms with Crippen LogP contribution < -0.4 is 0 Å². The molecule has 4 aromatic rings. The van der Waals surface area contributed by atoms with Crippen LogP contribution >= 0.6 is 0 Å². The van der Waals surface area contributed by atoms with Crippen molar-refractivity contribution in [3.8, 4) is 11.1 Å². The fourth-order valence-corrected chi connectivity index (χ4v) is 3.01. The molecule has 0 unspecified atom stereocenters. The summed E-state index contributed by atoms with van der Waals surface area (Å²) in [4.78, 5) is 9.48. The number of aryl methyl sites for hydroxylation is 1. The van der Waals surface area contributed by atoms with Gasteiger partial charge in [0.05, 0.1) is 5.52 Å². The van der Waals surface area contributed by atoms with Crippen molar-refractivity contribution in [2.24, 2.45) is 0 Å². The quantitative estimate of drug-likeness (QED) is 0.520. The van der Waals surface area contributed by atoms with E-state index in [1.807, 2.05) is 12.1 Å². The molecule has 0 aliphatic rings. The van der Waals surface area contributed by atoms with E-state index in [4.69, 9.17) is 9.97 Å². The predicted octanol–water partition coefficient (Wildman–Crippen LogP) is 5.20. The third-order valence-corrected chi connectivity index (χ3v) is 4.24. The Bertz CT molecular complexity index is 977. The standard InChI is InChI=1S/C22H18N2/c1-16-20-15-19(18-10-6-3-7-11-18)12-13-21(20)24-22(23-16)14-17-8-4-2-5-9-17/h2-13,15H,14H2,1H3. The Morgan fingerprint density at radius 2 is 1.42 bits per heavy atom. The summed E-state index contributed by atoms with van der Waals surface area (Å²) >= 11 is 0. The number of hydrogen-bond acceptors (Lipinski definition) is 2. The molecule has 3 aromatic carbocycles. The largest absolute Gasteiger partial charge is 0.237 e. The molecule has 0 aliphatic heterocycles. The zero-order valence-corrected chi connectivity index (χ0v) is 13.6. The third-order valence-electron chi connectivity index (χ3n) is 4.24. The van der Waals surface area contributed by atoms with Gasteiger partial charge in [-0.2, -0.15) is 0 Å². The Balaban J connectivity index is 1.74. The van der Waals surface area contributed by atoms with Crippen LogP contribution in [0.15, 0.2) is 78.9 Å². The summed E-state index contributed by atoms with van der Waals surface area (Å²) in [6, 6.07) is 27.2. The van der Waals surface area contributed by atoms with Crippen LogP contribution in [-0.4, -0.2) is 9.97 Å². The fourth-order valence-electron chi connectivity index (χ4n) is 3.01. The first-order valence-electron chi connectivity index (χ1n) is 8.16. The van der Waals surface area contributed by atoms with Crippen LogP contribution in [0.1, 0.15) is 17.1 Å². The van der Waals surface area contributed by atoms with Gasteiger partial charge in [0.1, 0.15) is 5.82 Å². The van der Waals surface area contributed by atoms with Crippen molar-refractivity contribution in [3.05, 3.63) is 95.9 Å². The predicted molar refractivity (Wildman–Crippen MR) is 99.0 cm³/mol. The number of benzene rings is 3. The molecule has 0 amide bonds. The minimum atomic E-state index is 0.762. The molecule has 0 aliphatic carbocycles. The van der Waals surface area contributed by atoms with Crippen LogP contribution in [0.25, 0.3) is 22.0 Å². The lowest BCUT2D eigenvalue weighted by molar-refractivity contribution is 0.969. The normalized spacial score (nSPS) is 10.9. The second-order valence-electron chi connectivity index (χ2n) is 5.99. The van der Waals surface area contributed by atoms with E-state index < -0.39 is 0 Å². The molecule has 0 radical (unpaired) electrons. The summed E-state index contributed by atoms with van der Waals surface area (Å²) in [6.07, 6.45) is 0.762. The van der Waals surface area contributed by atoms with Crippen molar-refractivity contribution in [2.45, 2.75) is 13.3 Å². The van der Waals surface area contributed by atoms with E-state index in [-0.39, 0.29) is 0 Å². The Kier molecular flexibility index (Phi) is 3.80. The van der Waals surface area contributed by atoms with Gasteiger partial charge >= 0.3 is 0 Å². The molecule has 0 spiro atoms. The molecule has 0 saturated heterocycles. The van der Waals surface area contributed by atoms with Crippen molar-refractivity contribution in [1.82, 2.24) is 9.97 Å².